The highest BCUT2D eigenvalue weighted by atomic mass is 32.1. The van der Waals surface area contributed by atoms with Crippen LogP contribution in [0, 0.1) is 23.3 Å². The lowest BCUT2D eigenvalue weighted by Gasteiger charge is -2.60. The summed E-state index contributed by atoms with van der Waals surface area (Å²) in [4.78, 5) is 20.6. The molecule has 176 valence electrons. The number of fused-ring (bicyclic) bond motifs is 1. The van der Waals surface area contributed by atoms with Crippen LogP contribution in [-0.2, 0) is 4.79 Å². The molecule has 4 N–H and O–H groups in total. The van der Waals surface area contributed by atoms with Gasteiger partial charge in [-0.1, -0.05) is 30.3 Å². The highest BCUT2D eigenvalue weighted by Gasteiger charge is 2.55. The zero-order valence-corrected chi connectivity index (χ0v) is 20.1. The minimum Gasteiger partial charge on any atom is -0.385 e. The number of amides is 1. The maximum atomic E-state index is 13.8. The lowest BCUT2D eigenvalue weighted by atomic mass is 9.58. The summed E-state index contributed by atoms with van der Waals surface area (Å²) in [7, 11) is 0. The number of piperidine rings is 2. The fourth-order valence-electron chi connectivity index (χ4n) is 7.19. The average molecular weight is 475 g/mol. The minimum absolute atomic E-state index is 0.0275. The quantitative estimate of drug-likeness (QED) is 0.184. The number of amidine groups is 1. The summed E-state index contributed by atoms with van der Waals surface area (Å²) in [6.07, 6.45) is 6.79. The van der Waals surface area contributed by atoms with Crippen molar-refractivity contribution < 1.29 is 4.79 Å². The predicted molar refractivity (Wildman–Crippen MR) is 135 cm³/mol. The smallest absolute Gasteiger partial charge is 0.223 e. The fraction of sp³-hybridized carbons (Fsp3) is 0.462. The van der Waals surface area contributed by atoms with E-state index in [0.29, 0.717) is 30.1 Å². The molecule has 2 saturated heterocycles. The van der Waals surface area contributed by atoms with Crippen LogP contribution < -0.4 is 5.73 Å². The van der Waals surface area contributed by atoms with Gasteiger partial charge in [0.25, 0.3) is 0 Å². The van der Waals surface area contributed by atoms with Gasteiger partial charge in [0.05, 0.1) is 0 Å². The van der Waals surface area contributed by atoms with Crippen molar-refractivity contribution in [3.05, 3.63) is 47.5 Å². The second-order valence-corrected chi connectivity index (χ2v) is 11.2. The SMILES string of the molecule is CC(CC(=O)N1C2CC3CC(C2)C(C(N)=NN=N)C1C3)c1c[nH]c2cccc(-c3cccs3)c12. The van der Waals surface area contributed by atoms with Crippen molar-refractivity contribution in [2.45, 2.75) is 57.0 Å². The van der Waals surface area contributed by atoms with Gasteiger partial charge in [0, 0.05) is 52.0 Å². The van der Waals surface area contributed by atoms with Crippen LogP contribution in [0.2, 0.25) is 0 Å². The van der Waals surface area contributed by atoms with E-state index >= 15 is 0 Å². The zero-order valence-electron chi connectivity index (χ0n) is 19.3. The van der Waals surface area contributed by atoms with E-state index in [0.717, 1.165) is 31.2 Å². The Morgan fingerprint density at radius 2 is 2.15 bits per heavy atom. The molecule has 6 atom stereocenters. The van der Waals surface area contributed by atoms with Gasteiger partial charge in [-0.2, -0.15) is 5.53 Å². The second kappa shape index (κ2) is 8.34. The number of carbonyl (C=O) groups is 1. The van der Waals surface area contributed by atoms with Crippen LogP contribution in [0.15, 0.2) is 52.2 Å². The van der Waals surface area contributed by atoms with Crippen LogP contribution in [0.25, 0.3) is 21.3 Å². The predicted octanol–water partition coefficient (Wildman–Crippen LogP) is 5.71. The standard InChI is InChI=1S/C26H30N6OS/c1-14(19-13-29-20-5-2-4-18(25(19)20)22-6-3-7-34-22)8-23(33)32-17-10-15-9-16(12-17)24(21(32)11-15)26(27)30-31-28/h2-7,13-17,21,24,29H,8-12H2,1H3,(H3,27,28,30). The van der Waals surface area contributed by atoms with Gasteiger partial charge in [-0.15, -0.1) is 16.4 Å². The lowest BCUT2D eigenvalue weighted by molar-refractivity contribution is -0.153. The number of aromatic nitrogens is 1. The first-order chi connectivity index (χ1) is 16.5. The first-order valence-electron chi connectivity index (χ1n) is 12.2. The monoisotopic (exact) mass is 474 g/mol. The number of benzene rings is 1. The molecule has 4 heterocycles. The molecule has 4 aliphatic rings. The van der Waals surface area contributed by atoms with Gasteiger partial charge in [0.1, 0.15) is 5.84 Å². The van der Waals surface area contributed by atoms with Crippen molar-refractivity contribution >= 4 is 34.0 Å². The van der Waals surface area contributed by atoms with Gasteiger partial charge < -0.3 is 15.6 Å². The topological polar surface area (TPSA) is 111 Å². The number of aromatic amines is 1. The normalized spacial score (nSPS) is 29.0. The van der Waals surface area contributed by atoms with Crippen LogP contribution in [-0.4, -0.2) is 33.7 Å². The molecule has 4 bridgehead atoms. The molecule has 6 unspecified atom stereocenters. The lowest BCUT2D eigenvalue weighted by Crippen LogP contribution is -2.66. The van der Waals surface area contributed by atoms with E-state index in [1.165, 1.54) is 21.4 Å². The summed E-state index contributed by atoms with van der Waals surface area (Å²) in [5.74, 6) is 1.88. The average Bonchev–Trinajstić information content (AvgIpc) is 3.49. The number of carbonyl (C=O) groups excluding carboxylic acids is 1. The van der Waals surface area contributed by atoms with Crippen molar-refractivity contribution in [1.29, 1.82) is 5.53 Å². The third kappa shape index (κ3) is 3.38. The molecule has 2 aliphatic heterocycles. The highest BCUT2D eigenvalue weighted by molar-refractivity contribution is 7.13. The second-order valence-electron chi connectivity index (χ2n) is 10.3. The van der Waals surface area contributed by atoms with Crippen molar-refractivity contribution in [2.24, 2.45) is 33.8 Å². The van der Waals surface area contributed by atoms with E-state index in [4.69, 9.17) is 11.3 Å². The van der Waals surface area contributed by atoms with Crippen molar-refractivity contribution in [3.63, 3.8) is 0 Å². The molecule has 1 amide bonds. The fourth-order valence-corrected chi connectivity index (χ4v) is 7.95. The molecule has 8 heteroatoms. The summed E-state index contributed by atoms with van der Waals surface area (Å²) in [6, 6.07) is 11.0. The number of nitrogens with zero attached hydrogens (tertiary/aromatic N) is 3. The highest BCUT2D eigenvalue weighted by Crippen LogP contribution is 2.52. The summed E-state index contributed by atoms with van der Waals surface area (Å²) in [6.45, 7) is 2.16. The number of rotatable bonds is 6. The third-order valence-electron chi connectivity index (χ3n) is 8.39. The number of hydrogen-bond acceptors (Lipinski definition) is 4. The van der Waals surface area contributed by atoms with Crippen LogP contribution in [0.4, 0.5) is 0 Å². The Morgan fingerprint density at radius 1 is 1.26 bits per heavy atom. The molecule has 3 aromatic rings. The molecule has 34 heavy (non-hydrogen) atoms. The molecule has 1 aromatic carbocycles. The molecule has 2 saturated carbocycles. The first-order valence-corrected chi connectivity index (χ1v) is 13.1. The van der Waals surface area contributed by atoms with E-state index in [2.05, 4.69) is 69.0 Å². The third-order valence-corrected chi connectivity index (χ3v) is 9.30. The van der Waals surface area contributed by atoms with Crippen LogP contribution in [0.5, 0.6) is 0 Å². The zero-order chi connectivity index (χ0) is 23.4. The molecule has 2 aliphatic carbocycles. The number of H-pyrrole nitrogens is 1. The Bertz CT molecular complexity index is 1260. The Kier molecular flexibility index (Phi) is 5.28. The molecule has 4 fully saturated rings. The van der Waals surface area contributed by atoms with Gasteiger partial charge in [-0.05, 0) is 66.5 Å². The summed E-state index contributed by atoms with van der Waals surface area (Å²) >= 11 is 1.74. The molecule has 2 aromatic heterocycles. The van der Waals surface area contributed by atoms with E-state index < -0.39 is 0 Å². The van der Waals surface area contributed by atoms with E-state index in [1.54, 1.807) is 11.3 Å². The Balaban J connectivity index is 1.29. The van der Waals surface area contributed by atoms with Gasteiger partial charge in [0.15, 0.2) is 0 Å². The summed E-state index contributed by atoms with van der Waals surface area (Å²) < 4.78 is 0. The molecular formula is C26H30N6OS. The molecular weight excluding hydrogens is 444 g/mol. The van der Waals surface area contributed by atoms with E-state index in [1.807, 2.05) is 0 Å². The molecule has 0 spiro atoms. The van der Waals surface area contributed by atoms with Crippen LogP contribution >= 0.6 is 11.3 Å². The summed E-state index contributed by atoms with van der Waals surface area (Å²) in [5.41, 5.74) is 16.9. The van der Waals surface area contributed by atoms with Gasteiger partial charge in [0.2, 0.25) is 5.91 Å². The Hall–Kier alpha value is -3.00. The largest absolute Gasteiger partial charge is 0.385 e. The maximum Gasteiger partial charge on any atom is 0.223 e. The Labute approximate surface area is 202 Å². The number of thiophene rings is 1. The van der Waals surface area contributed by atoms with Gasteiger partial charge in [-0.3, -0.25) is 4.79 Å². The Morgan fingerprint density at radius 3 is 2.94 bits per heavy atom. The van der Waals surface area contributed by atoms with E-state index in [9.17, 15) is 4.79 Å². The molecule has 7 rings (SSSR count). The molecule has 7 nitrogen and oxygen atoms in total. The van der Waals surface area contributed by atoms with Crippen molar-refractivity contribution in [3.8, 4) is 10.4 Å². The minimum atomic E-state index is 0.0275. The van der Waals surface area contributed by atoms with E-state index in [-0.39, 0.29) is 23.8 Å². The number of nitrogens with two attached hydrogens (primary N) is 1. The van der Waals surface area contributed by atoms with Crippen molar-refractivity contribution in [1.82, 2.24) is 9.88 Å². The number of nitrogens with one attached hydrogen (secondary N) is 2. The maximum absolute atomic E-state index is 13.8. The molecule has 0 radical (unpaired) electrons. The summed E-state index contributed by atoms with van der Waals surface area (Å²) in [5, 5.41) is 10.4. The van der Waals surface area contributed by atoms with Crippen molar-refractivity contribution in [2.75, 3.05) is 0 Å². The van der Waals surface area contributed by atoms with Crippen LogP contribution in [0.3, 0.4) is 0 Å². The van der Waals surface area contributed by atoms with Gasteiger partial charge >= 0.3 is 0 Å². The van der Waals surface area contributed by atoms with Gasteiger partial charge in [-0.25, -0.2) is 0 Å². The first kappa shape index (κ1) is 21.5. The number of hydrogen-bond donors (Lipinski definition) is 3. The van der Waals surface area contributed by atoms with Crippen LogP contribution in [0.1, 0.15) is 50.5 Å².